The number of fused-ring (bicyclic) bond motifs is 3. The number of imide groups is 1. The molecule has 7 heterocycles. The van der Waals surface area contributed by atoms with Crippen LogP contribution < -0.4 is 20.3 Å². The molecule has 7 aliphatic rings. The van der Waals surface area contributed by atoms with Gasteiger partial charge in [-0.25, -0.2) is 14.4 Å². The topological polar surface area (TPSA) is 162 Å². The van der Waals surface area contributed by atoms with Gasteiger partial charge in [-0.3, -0.25) is 29.3 Å². The van der Waals surface area contributed by atoms with E-state index in [1.807, 2.05) is 44.7 Å². The molecule has 3 aromatic carbocycles. The number of anilines is 3. The second kappa shape index (κ2) is 20.6. The summed E-state index contributed by atoms with van der Waals surface area (Å²) in [4.78, 5) is 86.6. The number of nitrogens with zero attached hydrogens (tertiary/aromatic N) is 7. The number of amides is 5. The maximum absolute atomic E-state index is 15.4. The van der Waals surface area contributed by atoms with Crippen LogP contribution >= 0.6 is 0 Å². The Hall–Kier alpha value is -6.68. The van der Waals surface area contributed by atoms with Crippen molar-refractivity contribution in [3.63, 3.8) is 0 Å². The molecule has 12 rings (SSSR count). The van der Waals surface area contributed by atoms with Gasteiger partial charge in [-0.05, 0) is 158 Å². The van der Waals surface area contributed by atoms with E-state index >= 15 is 9.18 Å². The van der Waals surface area contributed by atoms with Crippen LogP contribution in [0.3, 0.4) is 0 Å². The molecule has 5 aromatic rings. The number of likely N-dealkylation sites (tertiary alicyclic amines) is 3. The molecule has 1 spiro atoms. The Bertz CT molecular complexity index is 3080. The third-order valence-electron chi connectivity index (χ3n) is 18.7. The Morgan fingerprint density at radius 3 is 2.22 bits per heavy atom. The number of rotatable bonds is 11. The van der Waals surface area contributed by atoms with Crippen LogP contribution in [0.4, 0.5) is 21.6 Å². The number of pyridine rings is 1. The van der Waals surface area contributed by atoms with Crippen LogP contribution in [0.15, 0.2) is 79.1 Å². The molecular formula is C61H72FN9O6. The summed E-state index contributed by atoms with van der Waals surface area (Å²) < 4.78 is 23.5. The van der Waals surface area contributed by atoms with E-state index in [-0.39, 0.29) is 65.4 Å². The summed E-state index contributed by atoms with van der Waals surface area (Å²) in [6, 6.07) is 23.1. The highest BCUT2D eigenvalue weighted by atomic mass is 19.1. The summed E-state index contributed by atoms with van der Waals surface area (Å²) in [6.45, 7) is 10.5. The lowest BCUT2D eigenvalue weighted by Crippen LogP contribution is -2.59. The molecule has 5 aliphatic heterocycles. The van der Waals surface area contributed by atoms with Gasteiger partial charge in [-0.2, -0.15) is 0 Å². The molecule has 6 fully saturated rings. The number of benzene rings is 3. The number of ether oxygens (including phenoxy) is 1. The van der Waals surface area contributed by atoms with Crippen LogP contribution in [0.5, 0.6) is 5.75 Å². The van der Waals surface area contributed by atoms with Gasteiger partial charge in [-0.15, -0.1) is 0 Å². The van der Waals surface area contributed by atoms with E-state index < -0.39 is 10.8 Å². The minimum atomic E-state index is -0.755. The maximum atomic E-state index is 15.4. The molecule has 0 bridgehead atoms. The van der Waals surface area contributed by atoms with E-state index in [1.165, 1.54) is 25.3 Å². The zero-order valence-corrected chi connectivity index (χ0v) is 44.8. The first-order chi connectivity index (χ1) is 37.2. The van der Waals surface area contributed by atoms with E-state index in [0.29, 0.717) is 87.9 Å². The Morgan fingerprint density at radius 1 is 0.805 bits per heavy atom. The Morgan fingerprint density at radius 2 is 1.52 bits per heavy atom. The fourth-order valence-corrected chi connectivity index (χ4v) is 13.9. The summed E-state index contributed by atoms with van der Waals surface area (Å²) in [6.07, 6.45) is 13.5. The summed E-state index contributed by atoms with van der Waals surface area (Å²) in [5, 5.41) is 5.72. The first kappa shape index (κ1) is 51.1. The van der Waals surface area contributed by atoms with E-state index in [4.69, 9.17) is 14.7 Å². The average molecular weight is 1050 g/mol. The van der Waals surface area contributed by atoms with Crippen LogP contribution in [0.2, 0.25) is 0 Å². The molecule has 2 aromatic heterocycles. The van der Waals surface area contributed by atoms with Gasteiger partial charge in [0.1, 0.15) is 17.1 Å². The lowest BCUT2D eigenvalue weighted by atomic mass is 9.72. The number of para-hydroxylation sites is 1. The minimum absolute atomic E-state index is 0.000167. The number of imidazole rings is 1. The maximum Gasteiger partial charge on any atom is 0.238 e. The second-order valence-corrected chi connectivity index (χ2v) is 23.8. The molecular weight excluding hydrogens is 974 g/mol. The Kier molecular flexibility index (Phi) is 13.7. The van der Waals surface area contributed by atoms with Crippen molar-refractivity contribution in [2.75, 3.05) is 49.5 Å². The molecule has 2 N–H and O–H groups in total. The highest BCUT2D eigenvalue weighted by molar-refractivity contribution is 6.10. The quantitative estimate of drug-likeness (QED) is 0.122. The van der Waals surface area contributed by atoms with Gasteiger partial charge in [0.15, 0.2) is 5.82 Å². The van der Waals surface area contributed by atoms with Gasteiger partial charge in [0.25, 0.3) is 0 Å². The van der Waals surface area contributed by atoms with Gasteiger partial charge < -0.3 is 34.2 Å². The van der Waals surface area contributed by atoms with Crippen molar-refractivity contribution < 1.29 is 33.1 Å². The normalized spacial score (nSPS) is 25.4. The standard InChI is InChI=1S/C61H72FN9O6/c1-38(2)70-37-63-51-36-50(65-55(54(51)70)64-49-10-6-5-9-48(49)62)41-15-21-47-52(33-41)71(43-34-42(35-43)67-27-7-4-8-28-67)59(76)61(47)25-31-69(32-26-61)58(75)60(3)23-29-68(30-24-60)57(74)40-13-18-45(19-14-40)77-44-16-11-39(12-17-44)46-20-22-53(72)66-56(46)73/h5-6,9-12,15-17,21,33,36-38,40,42-43,45-46H,4,7-8,13-14,18-20,22-32,34-35H2,1-3H3,(H,64,65)(H,66,72,73). The first-order valence-electron chi connectivity index (χ1n) is 28.6. The summed E-state index contributed by atoms with van der Waals surface area (Å²) in [5.74, 6) is 0.392. The molecule has 77 heavy (non-hydrogen) atoms. The summed E-state index contributed by atoms with van der Waals surface area (Å²) in [7, 11) is 0. The number of carbonyl (C=O) groups is 5. The molecule has 0 radical (unpaired) electrons. The third-order valence-corrected chi connectivity index (χ3v) is 18.7. The molecule has 2 saturated carbocycles. The van der Waals surface area contributed by atoms with Crippen molar-refractivity contribution in [2.24, 2.45) is 11.3 Å². The fraction of sp³-hybridized carbons (Fsp3) is 0.525. The first-order valence-corrected chi connectivity index (χ1v) is 28.6. The van der Waals surface area contributed by atoms with Gasteiger partial charge in [0.05, 0.1) is 40.7 Å². The summed E-state index contributed by atoms with van der Waals surface area (Å²) >= 11 is 0. The number of piperidine rings is 4. The van der Waals surface area contributed by atoms with E-state index in [2.05, 4.69) is 59.4 Å². The molecule has 2 aliphatic carbocycles. The predicted molar refractivity (Wildman–Crippen MR) is 292 cm³/mol. The SMILES string of the molecule is CC(C)n1cnc2cc(-c3ccc4c(c3)N(C3CC(N5CCCCC5)C3)C(=O)C43CCN(C(=O)C4(C)CCN(C(=O)C5CCC(Oc6ccc(C7CCC(=O)NC7=O)cc6)CC5)CC4)CC3)nc(Nc3ccccc3F)c21. The molecule has 16 heteroatoms. The molecule has 1 atom stereocenters. The zero-order valence-electron chi connectivity index (χ0n) is 44.8. The lowest BCUT2D eigenvalue weighted by molar-refractivity contribution is -0.150. The van der Waals surface area contributed by atoms with Crippen LogP contribution in [-0.4, -0.2) is 116 Å². The molecule has 404 valence electrons. The predicted octanol–water partition coefficient (Wildman–Crippen LogP) is 9.57. The molecule has 15 nitrogen and oxygen atoms in total. The lowest BCUT2D eigenvalue weighted by Gasteiger charge is -2.48. The second-order valence-electron chi connectivity index (χ2n) is 23.8. The van der Waals surface area contributed by atoms with Gasteiger partial charge >= 0.3 is 0 Å². The van der Waals surface area contributed by atoms with Crippen molar-refractivity contribution in [2.45, 2.75) is 153 Å². The van der Waals surface area contributed by atoms with Crippen LogP contribution in [0.1, 0.15) is 140 Å². The van der Waals surface area contributed by atoms with E-state index in [0.717, 1.165) is 90.8 Å². The number of carbonyl (C=O) groups excluding carboxylic acids is 5. The smallest absolute Gasteiger partial charge is 0.238 e. The van der Waals surface area contributed by atoms with Crippen molar-refractivity contribution in [1.82, 2.24) is 34.6 Å². The average Bonchev–Trinajstić information content (AvgIpc) is 4.22. The number of nitrogens with one attached hydrogen (secondary N) is 2. The zero-order chi connectivity index (χ0) is 53.2. The molecule has 1 unspecified atom stereocenters. The fourth-order valence-electron chi connectivity index (χ4n) is 13.9. The van der Waals surface area contributed by atoms with Crippen molar-refractivity contribution >= 4 is 57.8 Å². The van der Waals surface area contributed by atoms with Crippen LogP contribution in [0.25, 0.3) is 22.3 Å². The third kappa shape index (κ3) is 9.56. The van der Waals surface area contributed by atoms with Crippen LogP contribution in [0, 0.1) is 17.2 Å². The number of aromatic nitrogens is 3. The number of hydrogen-bond donors (Lipinski definition) is 2. The molecule has 4 saturated heterocycles. The largest absolute Gasteiger partial charge is 0.490 e. The van der Waals surface area contributed by atoms with Crippen molar-refractivity contribution in [3.8, 4) is 17.0 Å². The van der Waals surface area contributed by atoms with Gasteiger partial charge in [0.2, 0.25) is 29.5 Å². The Balaban J connectivity index is 0.709. The van der Waals surface area contributed by atoms with E-state index in [1.54, 1.807) is 24.5 Å². The minimum Gasteiger partial charge on any atom is -0.490 e. The number of hydrogen-bond acceptors (Lipinski definition) is 10. The summed E-state index contributed by atoms with van der Waals surface area (Å²) in [5.41, 5.74) is 4.83. The Labute approximate surface area is 450 Å². The van der Waals surface area contributed by atoms with Gasteiger partial charge in [0, 0.05) is 73.3 Å². The van der Waals surface area contributed by atoms with Crippen molar-refractivity contribution in [1.29, 1.82) is 0 Å². The molecule has 5 amide bonds. The number of halogens is 1. The highest BCUT2D eigenvalue weighted by Crippen LogP contribution is 2.53. The monoisotopic (exact) mass is 1050 g/mol. The van der Waals surface area contributed by atoms with Crippen LogP contribution in [-0.2, 0) is 29.4 Å². The van der Waals surface area contributed by atoms with Crippen molar-refractivity contribution in [3.05, 3.63) is 96.1 Å². The van der Waals surface area contributed by atoms with Gasteiger partial charge in [-0.1, -0.05) is 49.7 Å². The van der Waals surface area contributed by atoms with E-state index in [9.17, 15) is 19.2 Å². The highest BCUT2D eigenvalue weighted by Gasteiger charge is 2.56.